The van der Waals surface area contributed by atoms with Crippen molar-refractivity contribution in [1.29, 1.82) is 0 Å². The fraction of sp³-hybridized carbons (Fsp3) is 0.421. The molecule has 4 aromatic rings. The number of hydrogen-bond acceptors (Lipinski definition) is 7. The molecule has 0 unspecified atom stereocenters. The largest absolute Gasteiger partial charge is 0.506 e. The quantitative estimate of drug-likeness (QED) is 0.0728. The zero-order valence-corrected chi connectivity index (χ0v) is 29.8. The fourth-order valence-electron chi connectivity index (χ4n) is 6.54. The van der Waals surface area contributed by atoms with E-state index in [0.29, 0.717) is 57.5 Å². The van der Waals surface area contributed by atoms with E-state index in [0.717, 1.165) is 64.3 Å². The first-order valence-electron chi connectivity index (χ1n) is 17.5. The standard InChI is InChI=1S/C38H44Cl2F2N4O5/c39-25-18-24(19-26(40)20-25)31-21-27(41)22-32(42)36(31)45-38(50)51-28-12-16-46(17-13-28)15-7-5-3-1-2-4-6-14-43-23-34(48)29-8-10-33(47)37-30(29)9-11-35(49)44-37/h8-11,18-22,28,34,43,47-48H,1-7,12-17,23H2,(H,44,49)(H,45,50)/t34-/m1/s1. The Morgan fingerprint density at radius 1 is 0.941 bits per heavy atom. The van der Waals surface area contributed by atoms with Gasteiger partial charge >= 0.3 is 6.09 Å². The molecule has 3 aromatic carbocycles. The van der Waals surface area contributed by atoms with Crippen molar-refractivity contribution >= 4 is 45.9 Å². The molecule has 5 rings (SSSR count). The van der Waals surface area contributed by atoms with E-state index in [-0.39, 0.29) is 28.7 Å². The Labute approximate surface area is 305 Å². The summed E-state index contributed by atoms with van der Waals surface area (Å²) >= 11 is 12.2. The number of nitrogens with zero attached hydrogens (tertiary/aromatic N) is 1. The lowest BCUT2D eigenvalue weighted by atomic mass is 10.0. The number of aromatic amines is 1. The first-order chi connectivity index (χ1) is 24.6. The number of benzene rings is 3. The summed E-state index contributed by atoms with van der Waals surface area (Å²) in [5, 5.41) is 27.7. The van der Waals surface area contributed by atoms with E-state index in [2.05, 4.69) is 20.5 Å². The maximum absolute atomic E-state index is 14.8. The zero-order chi connectivity index (χ0) is 36.3. The van der Waals surface area contributed by atoms with E-state index in [1.54, 1.807) is 12.1 Å². The molecule has 1 fully saturated rings. The van der Waals surface area contributed by atoms with Crippen LogP contribution in [0.5, 0.6) is 5.75 Å². The number of aliphatic hydroxyl groups is 1. The maximum Gasteiger partial charge on any atom is 0.412 e. The first-order valence-corrected chi connectivity index (χ1v) is 18.2. The number of aliphatic hydroxyl groups excluding tert-OH is 1. The predicted molar refractivity (Wildman–Crippen MR) is 198 cm³/mol. The van der Waals surface area contributed by atoms with E-state index >= 15 is 0 Å². The van der Waals surface area contributed by atoms with Crippen LogP contribution < -0.4 is 16.2 Å². The highest BCUT2D eigenvalue weighted by Crippen LogP contribution is 2.35. The van der Waals surface area contributed by atoms with Crippen molar-refractivity contribution in [2.45, 2.75) is 70.0 Å². The Balaban J connectivity index is 0.914. The number of amides is 1. The van der Waals surface area contributed by atoms with Crippen molar-refractivity contribution in [2.75, 3.05) is 38.0 Å². The number of unbranched alkanes of at least 4 members (excludes halogenated alkanes) is 6. The number of H-pyrrole nitrogens is 1. The molecule has 274 valence electrons. The number of ether oxygens (including phenoxy) is 1. The van der Waals surface area contributed by atoms with E-state index < -0.39 is 23.8 Å². The Kier molecular flexibility index (Phi) is 14.1. The molecule has 1 aromatic heterocycles. The minimum Gasteiger partial charge on any atom is -0.506 e. The summed E-state index contributed by atoms with van der Waals surface area (Å²) in [5.74, 6) is -1.75. The number of likely N-dealkylation sites (tertiary alicyclic amines) is 1. The van der Waals surface area contributed by atoms with Gasteiger partial charge in [0.1, 0.15) is 23.5 Å². The highest BCUT2D eigenvalue weighted by molar-refractivity contribution is 6.35. The number of phenols is 1. The summed E-state index contributed by atoms with van der Waals surface area (Å²) in [5.41, 5.74) is 0.944. The Morgan fingerprint density at radius 2 is 1.63 bits per heavy atom. The number of fused-ring (bicyclic) bond motifs is 1. The summed E-state index contributed by atoms with van der Waals surface area (Å²) in [7, 11) is 0. The van der Waals surface area contributed by atoms with Crippen LogP contribution in [0, 0.1) is 11.6 Å². The molecule has 0 spiro atoms. The van der Waals surface area contributed by atoms with Crippen molar-refractivity contribution < 1.29 is 28.5 Å². The maximum atomic E-state index is 14.8. The Hall–Kier alpha value is -3.74. The molecule has 1 aliphatic heterocycles. The van der Waals surface area contributed by atoms with Crippen molar-refractivity contribution in [3.05, 3.63) is 92.2 Å². The molecule has 0 radical (unpaired) electrons. The number of aromatic hydroxyl groups is 1. The van der Waals surface area contributed by atoms with Crippen LogP contribution in [0.25, 0.3) is 22.0 Å². The second-order valence-electron chi connectivity index (χ2n) is 13.0. The molecule has 1 amide bonds. The van der Waals surface area contributed by atoms with Gasteiger partial charge in [-0.25, -0.2) is 13.6 Å². The van der Waals surface area contributed by atoms with Crippen LogP contribution in [0.1, 0.15) is 69.5 Å². The van der Waals surface area contributed by atoms with Crippen LogP contribution in [0.3, 0.4) is 0 Å². The molecule has 0 aliphatic carbocycles. The van der Waals surface area contributed by atoms with Gasteiger partial charge in [0.2, 0.25) is 5.56 Å². The van der Waals surface area contributed by atoms with Gasteiger partial charge in [0.15, 0.2) is 0 Å². The van der Waals surface area contributed by atoms with E-state index in [1.807, 2.05) is 0 Å². The van der Waals surface area contributed by atoms with Gasteiger partial charge in [-0.3, -0.25) is 10.1 Å². The van der Waals surface area contributed by atoms with Gasteiger partial charge in [-0.1, -0.05) is 61.4 Å². The van der Waals surface area contributed by atoms with Crippen LogP contribution >= 0.6 is 23.2 Å². The molecule has 5 N–H and O–H groups in total. The second kappa shape index (κ2) is 18.7. The number of rotatable bonds is 16. The minimum atomic E-state index is -0.931. The number of pyridine rings is 1. The number of nitrogens with one attached hydrogen (secondary N) is 3. The van der Waals surface area contributed by atoms with E-state index in [1.165, 1.54) is 43.2 Å². The van der Waals surface area contributed by atoms with Gasteiger partial charge in [-0.05, 0) is 86.3 Å². The molecule has 13 heteroatoms. The van der Waals surface area contributed by atoms with Crippen LogP contribution in [-0.2, 0) is 4.74 Å². The molecule has 51 heavy (non-hydrogen) atoms. The van der Waals surface area contributed by atoms with Crippen molar-refractivity contribution in [3.63, 3.8) is 0 Å². The van der Waals surface area contributed by atoms with Crippen molar-refractivity contribution in [1.82, 2.24) is 15.2 Å². The molecule has 1 aliphatic rings. The minimum absolute atomic E-state index is 0.0242. The average Bonchev–Trinajstić information content (AvgIpc) is 3.08. The average molecular weight is 746 g/mol. The summed E-state index contributed by atoms with van der Waals surface area (Å²) in [6, 6.07) is 12.5. The number of carbonyl (C=O) groups excluding carboxylic acids is 1. The Bertz CT molecular complexity index is 1830. The van der Waals surface area contributed by atoms with E-state index in [9.17, 15) is 28.6 Å². The summed E-state index contributed by atoms with van der Waals surface area (Å²) in [4.78, 5) is 29.3. The molecular formula is C38H44Cl2F2N4O5. The van der Waals surface area contributed by atoms with Gasteiger partial charge in [-0.2, -0.15) is 0 Å². The lowest BCUT2D eigenvalue weighted by Crippen LogP contribution is -2.39. The molecular weight excluding hydrogens is 701 g/mol. The lowest BCUT2D eigenvalue weighted by Gasteiger charge is -2.31. The number of halogens is 4. The highest BCUT2D eigenvalue weighted by atomic mass is 35.5. The summed E-state index contributed by atoms with van der Waals surface area (Å²) in [6.45, 7) is 3.78. The second-order valence-corrected chi connectivity index (χ2v) is 13.9. The number of aromatic nitrogens is 1. The third-order valence-electron chi connectivity index (χ3n) is 9.20. The monoisotopic (exact) mass is 744 g/mol. The molecule has 9 nitrogen and oxygen atoms in total. The first kappa shape index (κ1) is 38.5. The van der Waals surface area contributed by atoms with Crippen molar-refractivity contribution in [3.8, 4) is 16.9 Å². The topological polar surface area (TPSA) is 127 Å². The lowest BCUT2D eigenvalue weighted by molar-refractivity contribution is 0.0584. The number of phenolic OH excluding ortho intramolecular Hbond substituents is 1. The van der Waals surface area contributed by atoms with E-state index in [4.69, 9.17) is 27.9 Å². The predicted octanol–water partition coefficient (Wildman–Crippen LogP) is 8.55. The fourth-order valence-corrected chi connectivity index (χ4v) is 7.06. The molecule has 1 saturated heterocycles. The van der Waals surface area contributed by atoms with Crippen LogP contribution in [0.15, 0.2) is 59.4 Å². The number of piperidine rings is 1. The summed E-state index contributed by atoms with van der Waals surface area (Å²) < 4.78 is 34.5. The smallest absolute Gasteiger partial charge is 0.412 e. The number of hydrogen-bond donors (Lipinski definition) is 5. The van der Waals surface area contributed by atoms with Gasteiger partial charge in [0, 0.05) is 52.8 Å². The van der Waals surface area contributed by atoms with Crippen molar-refractivity contribution in [2.24, 2.45) is 0 Å². The van der Waals surface area contributed by atoms with Gasteiger partial charge in [0.25, 0.3) is 0 Å². The van der Waals surface area contributed by atoms with Crippen LogP contribution in [-0.4, -0.2) is 65.0 Å². The van der Waals surface area contributed by atoms with Gasteiger partial charge in [0.05, 0.1) is 17.3 Å². The normalized spacial score (nSPS) is 14.5. The Morgan fingerprint density at radius 3 is 2.35 bits per heavy atom. The van der Waals surface area contributed by atoms with Crippen LogP contribution in [0.4, 0.5) is 19.3 Å². The highest BCUT2D eigenvalue weighted by Gasteiger charge is 2.24. The molecule has 2 heterocycles. The number of carbonyl (C=O) groups is 1. The zero-order valence-electron chi connectivity index (χ0n) is 28.3. The third-order valence-corrected chi connectivity index (χ3v) is 9.63. The molecule has 1 atom stereocenters. The van der Waals surface area contributed by atoms with Gasteiger partial charge < -0.3 is 30.2 Å². The van der Waals surface area contributed by atoms with Gasteiger partial charge in [-0.15, -0.1) is 0 Å². The summed E-state index contributed by atoms with van der Waals surface area (Å²) in [6.07, 6.45) is 7.37. The molecule has 0 bridgehead atoms. The molecule has 0 saturated carbocycles. The third kappa shape index (κ3) is 11.1. The van der Waals surface area contributed by atoms with Crippen LogP contribution in [0.2, 0.25) is 10.0 Å². The number of anilines is 1. The SMILES string of the molecule is O=C(Nc1c(F)cc(F)cc1-c1cc(Cl)cc(Cl)c1)OC1CCN(CCCCCCCCCNC[C@@H](O)c2ccc(O)c3[nH]c(=O)ccc23)CC1.